The highest BCUT2D eigenvalue weighted by Crippen LogP contribution is 2.39. The topological polar surface area (TPSA) is 122 Å². The number of pyridine rings is 2. The second-order valence-corrected chi connectivity index (χ2v) is 11.0. The van der Waals surface area contributed by atoms with Gasteiger partial charge in [-0.1, -0.05) is 29.3 Å². The smallest absolute Gasteiger partial charge is 0.415 e. The molecule has 10 nitrogen and oxygen atoms in total. The third-order valence-corrected chi connectivity index (χ3v) is 7.90. The molecule has 220 valence electrons. The summed E-state index contributed by atoms with van der Waals surface area (Å²) in [7, 11) is 1.45. The Labute approximate surface area is 256 Å². The van der Waals surface area contributed by atoms with Crippen molar-refractivity contribution in [3.63, 3.8) is 0 Å². The number of nitriles is 1. The lowest BCUT2D eigenvalue weighted by Crippen LogP contribution is -2.53. The van der Waals surface area contributed by atoms with Crippen molar-refractivity contribution in [2.24, 2.45) is 0 Å². The van der Waals surface area contributed by atoms with E-state index in [1.165, 1.54) is 25.4 Å². The fraction of sp³-hybridized carbons (Fsp3) is 0.267. The number of ether oxygens (including phenoxy) is 3. The number of piperazine rings is 1. The van der Waals surface area contributed by atoms with Gasteiger partial charge in [0.1, 0.15) is 17.8 Å². The zero-order valence-corrected chi connectivity index (χ0v) is 24.4. The number of aromatic nitrogens is 2. The second-order valence-electron chi connectivity index (χ2n) is 10.2. The number of halogens is 3. The van der Waals surface area contributed by atoms with Gasteiger partial charge in [-0.2, -0.15) is 5.26 Å². The van der Waals surface area contributed by atoms with E-state index in [0.717, 1.165) is 12.8 Å². The molecule has 0 aliphatic carbocycles. The maximum atomic E-state index is 15.1. The maximum absolute atomic E-state index is 15.1. The Kier molecular flexibility index (Phi) is 8.08. The van der Waals surface area contributed by atoms with Crippen LogP contribution in [0, 0.1) is 17.1 Å². The number of nitrogens with one attached hydrogen (secondary N) is 2. The average Bonchev–Trinajstić information content (AvgIpc) is 3.34. The maximum Gasteiger partial charge on any atom is 0.415 e. The number of carbonyl (C=O) groups is 1. The van der Waals surface area contributed by atoms with Gasteiger partial charge in [0.25, 0.3) is 0 Å². The molecule has 0 spiro atoms. The summed E-state index contributed by atoms with van der Waals surface area (Å²) in [6.07, 6.45) is 2.95. The number of hydrogen-bond acceptors (Lipinski definition) is 9. The summed E-state index contributed by atoms with van der Waals surface area (Å²) in [4.78, 5) is 23.2. The van der Waals surface area contributed by atoms with Crippen molar-refractivity contribution in [1.82, 2.24) is 20.2 Å². The molecular formula is C30H25Cl2FN6O4. The second kappa shape index (κ2) is 12.1. The van der Waals surface area contributed by atoms with Gasteiger partial charge in [0.2, 0.25) is 0 Å². The van der Waals surface area contributed by atoms with Crippen LogP contribution < -0.4 is 24.8 Å². The van der Waals surface area contributed by atoms with Crippen molar-refractivity contribution in [3.05, 3.63) is 75.9 Å². The van der Waals surface area contributed by atoms with E-state index in [0.29, 0.717) is 40.5 Å². The van der Waals surface area contributed by atoms with Crippen molar-refractivity contribution in [1.29, 1.82) is 5.26 Å². The minimum Gasteiger partial charge on any atom is -0.493 e. The van der Waals surface area contributed by atoms with E-state index < -0.39 is 11.9 Å². The molecule has 2 saturated heterocycles. The molecule has 2 aromatic carbocycles. The first kappa shape index (κ1) is 28.7. The van der Waals surface area contributed by atoms with Gasteiger partial charge < -0.3 is 29.7 Å². The SMILES string of the molecule is COc1cc2c(Nc3cc(F)c(OCc4cccc(Cl)n4)cc3Cl)c(C#N)cnc2cc1OC(=O)N1CC2CCC(C1)N2. The summed E-state index contributed by atoms with van der Waals surface area (Å²) in [5, 5.41) is 17.3. The van der Waals surface area contributed by atoms with Gasteiger partial charge in [-0.05, 0) is 31.0 Å². The molecule has 2 N–H and O–H groups in total. The number of anilines is 2. The number of methoxy groups -OCH3 is 1. The Morgan fingerprint density at radius 1 is 1.16 bits per heavy atom. The highest BCUT2D eigenvalue weighted by Gasteiger charge is 2.35. The molecule has 2 aromatic heterocycles. The Morgan fingerprint density at radius 3 is 2.67 bits per heavy atom. The summed E-state index contributed by atoms with van der Waals surface area (Å²) < 4.78 is 32.0. The van der Waals surface area contributed by atoms with Crippen LogP contribution in [0.25, 0.3) is 10.9 Å². The van der Waals surface area contributed by atoms with Crippen molar-refractivity contribution in [2.75, 3.05) is 25.5 Å². The van der Waals surface area contributed by atoms with Crippen LogP contribution in [0.2, 0.25) is 10.2 Å². The third-order valence-electron chi connectivity index (χ3n) is 7.38. The van der Waals surface area contributed by atoms with E-state index in [1.807, 2.05) is 0 Å². The van der Waals surface area contributed by atoms with Crippen LogP contribution in [0.3, 0.4) is 0 Å². The van der Waals surface area contributed by atoms with Crippen molar-refractivity contribution in [3.8, 4) is 23.3 Å². The lowest BCUT2D eigenvalue weighted by Gasteiger charge is -2.32. The van der Waals surface area contributed by atoms with E-state index >= 15 is 4.39 Å². The summed E-state index contributed by atoms with van der Waals surface area (Å²) >= 11 is 12.4. The number of nitrogens with zero attached hydrogens (tertiary/aromatic N) is 4. The number of carbonyl (C=O) groups excluding carboxylic acids is 1. The largest absolute Gasteiger partial charge is 0.493 e. The van der Waals surface area contributed by atoms with Crippen LogP contribution in [0.15, 0.2) is 48.7 Å². The van der Waals surface area contributed by atoms with Crippen LogP contribution in [0.5, 0.6) is 17.2 Å². The molecule has 2 atom stereocenters. The summed E-state index contributed by atoms with van der Waals surface area (Å²) in [5.74, 6) is -0.315. The molecule has 0 saturated carbocycles. The van der Waals surface area contributed by atoms with Gasteiger partial charge >= 0.3 is 6.09 Å². The van der Waals surface area contributed by atoms with Crippen molar-refractivity contribution >= 4 is 51.6 Å². The number of benzene rings is 2. The fourth-order valence-corrected chi connectivity index (χ4v) is 5.70. The molecule has 2 aliphatic heterocycles. The minimum atomic E-state index is -0.682. The van der Waals surface area contributed by atoms with E-state index in [2.05, 4.69) is 26.7 Å². The Balaban J connectivity index is 1.27. The predicted molar refractivity (Wildman–Crippen MR) is 159 cm³/mol. The minimum absolute atomic E-state index is 0.0172. The van der Waals surface area contributed by atoms with Crippen LogP contribution in [-0.2, 0) is 6.61 Å². The molecular weight excluding hydrogens is 598 g/mol. The van der Waals surface area contributed by atoms with E-state index in [-0.39, 0.29) is 52.2 Å². The van der Waals surface area contributed by atoms with E-state index in [4.69, 9.17) is 37.4 Å². The van der Waals surface area contributed by atoms with Crippen LogP contribution in [0.1, 0.15) is 24.1 Å². The summed E-state index contributed by atoms with van der Waals surface area (Å²) in [5.41, 5.74) is 1.63. The van der Waals surface area contributed by atoms with Gasteiger partial charge in [0.05, 0.1) is 40.3 Å². The molecule has 6 rings (SSSR count). The predicted octanol–water partition coefficient (Wildman–Crippen LogP) is 6.21. The Hall–Kier alpha value is -4.37. The Morgan fingerprint density at radius 2 is 1.95 bits per heavy atom. The Bertz CT molecular complexity index is 1760. The quantitative estimate of drug-likeness (QED) is 0.231. The van der Waals surface area contributed by atoms with Gasteiger partial charge in [0.15, 0.2) is 23.1 Å². The van der Waals surface area contributed by atoms with E-state index in [9.17, 15) is 10.1 Å². The third kappa shape index (κ3) is 6.08. The highest BCUT2D eigenvalue weighted by molar-refractivity contribution is 6.33. The van der Waals surface area contributed by atoms with Gasteiger partial charge in [-0.3, -0.25) is 4.98 Å². The summed E-state index contributed by atoms with van der Waals surface area (Å²) in [6, 6.07) is 13.3. The molecule has 0 radical (unpaired) electrons. The van der Waals surface area contributed by atoms with Crippen LogP contribution >= 0.6 is 23.2 Å². The first-order valence-electron chi connectivity index (χ1n) is 13.4. The molecule has 13 heteroatoms. The highest BCUT2D eigenvalue weighted by atomic mass is 35.5. The van der Waals surface area contributed by atoms with Crippen LogP contribution in [-0.4, -0.2) is 53.2 Å². The number of likely N-dealkylation sites (tertiary alicyclic amines) is 1. The monoisotopic (exact) mass is 622 g/mol. The molecule has 4 aromatic rings. The van der Waals surface area contributed by atoms with E-state index in [1.54, 1.807) is 35.2 Å². The number of hydrogen-bond donors (Lipinski definition) is 2. The lowest BCUT2D eigenvalue weighted by atomic mass is 10.1. The molecule has 2 unspecified atom stereocenters. The summed E-state index contributed by atoms with van der Waals surface area (Å²) in [6.45, 7) is 1.13. The fourth-order valence-electron chi connectivity index (χ4n) is 5.32. The molecule has 2 bridgehead atoms. The first-order valence-corrected chi connectivity index (χ1v) is 14.2. The van der Waals surface area contributed by atoms with Crippen molar-refractivity contribution < 1.29 is 23.4 Å². The standard InChI is InChI=1S/C30H25Cl2FN6O4/c1-41-26-7-20-23(10-27(26)43-30(40)39-13-17-5-6-18(14-39)36-17)35-12-16(11-34)29(20)38-24-9-22(33)25(8-21(24)31)42-15-19-3-2-4-28(32)37-19/h2-4,7-10,12,17-18,36H,5-6,13-15H2,1H3,(H,35,38). The number of amides is 1. The van der Waals surface area contributed by atoms with Gasteiger partial charge in [-0.15, -0.1) is 0 Å². The molecule has 2 aliphatic rings. The van der Waals surface area contributed by atoms with Crippen molar-refractivity contribution in [2.45, 2.75) is 31.5 Å². The molecule has 4 heterocycles. The van der Waals surface area contributed by atoms with Gasteiger partial charge in [-0.25, -0.2) is 14.2 Å². The molecule has 43 heavy (non-hydrogen) atoms. The normalized spacial score (nSPS) is 17.4. The van der Waals surface area contributed by atoms with Crippen LogP contribution in [0.4, 0.5) is 20.6 Å². The number of fused-ring (bicyclic) bond motifs is 3. The first-order chi connectivity index (χ1) is 20.8. The average molecular weight is 623 g/mol. The zero-order valence-electron chi connectivity index (χ0n) is 22.9. The zero-order chi connectivity index (χ0) is 30.1. The molecule has 2 fully saturated rings. The molecule has 1 amide bonds. The number of rotatable bonds is 7. The lowest BCUT2D eigenvalue weighted by molar-refractivity contribution is 0.132. The van der Waals surface area contributed by atoms with Gasteiger partial charge in [0, 0.05) is 55.0 Å².